The fourth-order valence-electron chi connectivity index (χ4n) is 2.62. The second-order valence-corrected chi connectivity index (χ2v) is 6.31. The predicted octanol–water partition coefficient (Wildman–Crippen LogP) is 3.71. The van der Waals surface area contributed by atoms with Gasteiger partial charge in [0.25, 0.3) is 0 Å². The van der Waals surface area contributed by atoms with Crippen LogP contribution >= 0.6 is 0 Å². The summed E-state index contributed by atoms with van der Waals surface area (Å²) >= 11 is 0. The number of hydrogen-bond acceptors (Lipinski definition) is 3. The van der Waals surface area contributed by atoms with E-state index in [1.54, 1.807) is 0 Å². The molecule has 0 aromatic heterocycles. The molecule has 0 aliphatic carbocycles. The van der Waals surface area contributed by atoms with Gasteiger partial charge in [-0.3, -0.25) is 0 Å². The SMILES string of the molecule is CCCCCCCCCCCC[C@H](C)[C@@H](N)[C@@H](O)C(=O)O. The van der Waals surface area contributed by atoms with E-state index in [4.69, 9.17) is 10.8 Å². The van der Waals surface area contributed by atoms with Crippen LogP contribution in [0.2, 0.25) is 0 Å². The average molecular weight is 301 g/mol. The fraction of sp³-hybridized carbons (Fsp3) is 0.941. The first-order valence-electron chi connectivity index (χ1n) is 8.67. The standard InChI is InChI=1S/C17H35NO3/c1-3-4-5-6-7-8-9-10-11-12-13-14(2)15(18)16(19)17(20)21/h14-16,19H,3-13,18H2,1-2H3,(H,20,21)/t14-,15+,16+/m0/s1. The van der Waals surface area contributed by atoms with Crippen LogP contribution in [0.25, 0.3) is 0 Å². The Bertz CT molecular complexity index is 258. The molecule has 3 atom stereocenters. The van der Waals surface area contributed by atoms with Crippen molar-refractivity contribution in [2.24, 2.45) is 11.7 Å². The third-order valence-electron chi connectivity index (χ3n) is 4.29. The third-order valence-corrected chi connectivity index (χ3v) is 4.29. The molecule has 0 saturated carbocycles. The highest BCUT2D eigenvalue weighted by Gasteiger charge is 2.26. The molecule has 0 spiro atoms. The first kappa shape index (κ1) is 20.4. The van der Waals surface area contributed by atoms with Gasteiger partial charge >= 0.3 is 5.97 Å². The molecule has 0 aromatic carbocycles. The van der Waals surface area contributed by atoms with Gasteiger partial charge in [-0.1, -0.05) is 78.1 Å². The highest BCUT2D eigenvalue weighted by atomic mass is 16.4. The smallest absolute Gasteiger partial charge is 0.334 e. The van der Waals surface area contributed by atoms with Gasteiger partial charge in [0.1, 0.15) is 0 Å². The number of carboxylic acid groups (broad SMARTS) is 1. The van der Waals surface area contributed by atoms with Gasteiger partial charge in [0.2, 0.25) is 0 Å². The minimum absolute atomic E-state index is 0.0464. The summed E-state index contributed by atoms with van der Waals surface area (Å²) < 4.78 is 0. The van der Waals surface area contributed by atoms with E-state index in [0.29, 0.717) is 0 Å². The maximum atomic E-state index is 10.7. The van der Waals surface area contributed by atoms with Crippen LogP contribution in [0.4, 0.5) is 0 Å². The molecule has 0 aliphatic rings. The van der Waals surface area contributed by atoms with Crippen molar-refractivity contribution in [1.29, 1.82) is 0 Å². The monoisotopic (exact) mass is 301 g/mol. The van der Waals surface area contributed by atoms with Crippen molar-refractivity contribution in [1.82, 2.24) is 0 Å². The van der Waals surface area contributed by atoms with Crippen molar-refractivity contribution in [3.63, 3.8) is 0 Å². The van der Waals surface area contributed by atoms with E-state index in [9.17, 15) is 9.90 Å². The molecule has 0 aromatic rings. The second kappa shape index (κ2) is 13.1. The number of hydrogen-bond donors (Lipinski definition) is 3. The molecule has 126 valence electrons. The Morgan fingerprint density at radius 1 is 0.952 bits per heavy atom. The summed E-state index contributed by atoms with van der Waals surface area (Å²) in [5.74, 6) is -1.18. The van der Waals surface area contributed by atoms with Crippen molar-refractivity contribution in [3.8, 4) is 0 Å². The number of aliphatic hydroxyl groups is 1. The number of unbranched alkanes of at least 4 members (excludes halogenated alkanes) is 9. The molecule has 0 aliphatic heterocycles. The van der Waals surface area contributed by atoms with Crippen LogP contribution in [-0.2, 0) is 4.79 Å². The maximum absolute atomic E-state index is 10.7. The summed E-state index contributed by atoms with van der Waals surface area (Å²) in [5.41, 5.74) is 5.75. The quantitative estimate of drug-likeness (QED) is 0.427. The van der Waals surface area contributed by atoms with Crippen molar-refractivity contribution in [2.75, 3.05) is 0 Å². The van der Waals surface area contributed by atoms with Gasteiger partial charge < -0.3 is 15.9 Å². The van der Waals surface area contributed by atoms with Crippen LogP contribution < -0.4 is 5.73 Å². The lowest BCUT2D eigenvalue weighted by Gasteiger charge is -2.22. The molecule has 4 heteroatoms. The molecule has 0 saturated heterocycles. The Labute approximate surface area is 130 Å². The highest BCUT2D eigenvalue weighted by Crippen LogP contribution is 2.16. The minimum atomic E-state index is -1.44. The third kappa shape index (κ3) is 10.7. The van der Waals surface area contributed by atoms with Crippen LogP contribution in [0, 0.1) is 5.92 Å². The van der Waals surface area contributed by atoms with E-state index < -0.39 is 18.1 Å². The summed E-state index contributed by atoms with van der Waals surface area (Å²) in [5, 5.41) is 18.1. The molecule has 0 amide bonds. The molecular formula is C17H35NO3. The van der Waals surface area contributed by atoms with Crippen molar-refractivity contribution in [2.45, 2.75) is 96.6 Å². The second-order valence-electron chi connectivity index (χ2n) is 6.31. The lowest BCUT2D eigenvalue weighted by molar-refractivity contribution is -0.148. The predicted molar refractivity (Wildman–Crippen MR) is 87.2 cm³/mol. The summed E-state index contributed by atoms with van der Waals surface area (Å²) in [7, 11) is 0. The summed E-state index contributed by atoms with van der Waals surface area (Å²) in [6.45, 7) is 4.16. The van der Waals surface area contributed by atoms with E-state index >= 15 is 0 Å². The van der Waals surface area contributed by atoms with Crippen molar-refractivity contribution >= 4 is 5.97 Å². The average Bonchev–Trinajstić information content (AvgIpc) is 2.47. The first-order valence-corrected chi connectivity index (χ1v) is 8.67. The summed E-state index contributed by atoms with van der Waals surface area (Å²) in [6, 6.07) is -0.666. The van der Waals surface area contributed by atoms with Gasteiger partial charge in [0.15, 0.2) is 6.10 Å². The lowest BCUT2D eigenvalue weighted by Crippen LogP contribution is -2.44. The Morgan fingerprint density at radius 3 is 1.81 bits per heavy atom. The molecule has 0 heterocycles. The van der Waals surface area contributed by atoms with Crippen LogP contribution in [0.5, 0.6) is 0 Å². The van der Waals surface area contributed by atoms with Gasteiger partial charge in [0.05, 0.1) is 0 Å². The number of carbonyl (C=O) groups is 1. The molecule has 0 fully saturated rings. The fourth-order valence-corrected chi connectivity index (χ4v) is 2.62. The van der Waals surface area contributed by atoms with Gasteiger partial charge in [-0.25, -0.2) is 4.79 Å². The molecule has 4 nitrogen and oxygen atoms in total. The zero-order valence-corrected chi connectivity index (χ0v) is 13.9. The van der Waals surface area contributed by atoms with Crippen LogP contribution in [0.1, 0.15) is 84.5 Å². The highest BCUT2D eigenvalue weighted by molar-refractivity contribution is 5.72. The van der Waals surface area contributed by atoms with Crippen LogP contribution in [0.3, 0.4) is 0 Å². The van der Waals surface area contributed by atoms with Crippen LogP contribution in [0.15, 0.2) is 0 Å². The van der Waals surface area contributed by atoms with E-state index in [-0.39, 0.29) is 5.92 Å². The van der Waals surface area contributed by atoms with Crippen molar-refractivity contribution < 1.29 is 15.0 Å². The molecule has 0 radical (unpaired) electrons. The number of nitrogens with two attached hydrogens (primary N) is 1. The molecule has 0 rings (SSSR count). The van der Waals surface area contributed by atoms with E-state index in [0.717, 1.165) is 12.8 Å². The Balaban J connectivity index is 3.44. The topological polar surface area (TPSA) is 83.5 Å². The molecular weight excluding hydrogens is 266 g/mol. The van der Waals surface area contributed by atoms with E-state index in [2.05, 4.69) is 6.92 Å². The Hall–Kier alpha value is -0.610. The first-order chi connectivity index (χ1) is 10.0. The Morgan fingerprint density at radius 2 is 1.38 bits per heavy atom. The zero-order valence-electron chi connectivity index (χ0n) is 13.9. The molecule has 21 heavy (non-hydrogen) atoms. The van der Waals surface area contributed by atoms with E-state index in [1.807, 2.05) is 6.92 Å². The van der Waals surface area contributed by atoms with Gasteiger partial charge in [-0.15, -0.1) is 0 Å². The zero-order chi connectivity index (χ0) is 16.1. The summed E-state index contributed by atoms with van der Waals surface area (Å²) in [4.78, 5) is 10.7. The van der Waals surface area contributed by atoms with E-state index in [1.165, 1.54) is 57.8 Å². The van der Waals surface area contributed by atoms with Crippen LogP contribution in [-0.4, -0.2) is 28.3 Å². The van der Waals surface area contributed by atoms with Gasteiger partial charge in [-0.2, -0.15) is 0 Å². The lowest BCUT2D eigenvalue weighted by atomic mass is 9.92. The number of aliphatic hydroxyl groups excluding tert-OH is 1. The number of carboxylic acids is 1. The number of aliphatic carboxylic acids is 1. The maximum Gasteiger partial charge on any atom is 0.334 e. The summed E-state index contributed by atoms with van der Waals surface area (Å²) in [6.07, 6.45) is 12.3. The minimum Gasteiger partial charge on any atom is -0.479 e. The molecule has 4 N–H and O–H groups in total. The number of rotatable bonds is 14. The largest absolute Gasteiger partial charge is 0.479 e. The van der Waals surface area contributed by atoms with Crippen molar-refractivity contribution in [3.05, 3.63) is 0 Å². The molecule has 0 bridgehead atoms. The van der Waals surface area contributed by atoms with Gasteiger partial charge in [-0.05, 0) is 12.3 Å². The van der Waals surface area contributed by atoms with Gasteiger partial charge in [0, 0.05) is 6.04 Å². The Kier molecular flexibility index (Phi) is 12.7. The normalized spacial score (nSPS) is 15.6. The molecule has 0 unspecified atom stereocenters.